The number of piperidine rings is 1. The van der Waals surface area contributed by atoms with Crippen molar-refractivity contribution < 1.29 is 4.79 Å². The maximum absolute atomic E-state index is 12.1. The average Bonchev–Trinajstić information content (AvgIpc) is 2.81. The second-order valence-corrected chi connectivity index (χ2v) is 4.50. The Kier molecular flexibility index (Phi) is 3.24. The van der Waals surface area contributed by atoms with Gasteiger partial charge in [-0.25, -0.2) is 0 Å². The lowest BCUT2D eigenvalue weighted by molar-refractivity contribution is 0.0635. The fourth-order valence-electron chi connectivity index (χ4n) is 2.11. The van der Waals surface area contributed by atoms with E-state index in [1.165, 1.54) is 6.42 Å². The molecule has 0 spiro atoms. The fraction of sp³-hybridized carbons (Fsp3) is 0.636. The van der Waals surface area contributed by atoms with E-state index >= 15 is 0 Å². The molecule has 1 aliphatic heterocycles. The van der Waals surface area contributed by atoms with Crippen LogP contribution in [0.4, 0.5) is 0 Å². The molecule has 1 aliphatic rings. The number of carbonyl (C=O) groups is 1. The zero-order chi connectivity index (χ0) is 11.5. The van der Waals surface area contributed by atoms with Gasteiger partial charge in [-0.2, -0.15) is 5.10 Å². The smallest absolute Gasteiger partial charge is 0.257 e. The molecule has 0 aromatic carbocycles. The summed E-state index contributed by atoms with van der Waals surface area (Å²) in [6, 6.07) is 0.476. The predicted molar refractivity (Wildman–Crippen MR) is 61.2 cm³/mol. The number of rotatable bonds is 2. The first-order valence-corrected chi connectivity index (χ1v) is 5.63. The second-order valence-electron chi connectivity index (χ2n) is 4.50. The molecule has 1 fully saturated rings. The second kappa shape index (κ2) is 4.65. The largest absolute Gasteiger partial charge is 0.337 e. The van der Waals surface area contributed by atoms with Gasteiger partial charge in [0, 0.05) is 25.3 Å². The summed E-state index contributed by atoms with van der Waals surface area (Å²) in [5.74, 6) is 0.0836. The summed E-state index contributed by atoms with van der Waals surface area (Å²) in [5, 5.41) is 6.49. The van der Waals surface area contributed by atoms with Crippen LogP contribution in [0.25, 0.3) is 0 Å². The molecule has 0 aliphatic carbocycles. The number of carbonyl (C=O) groups excluding carboxylic acids is 1. The van der Waals surface area contributed by atoms with Gasteiger partial charge in [-0.1, -0.05) is 0 Å². The van der Waals surface area contributed by atoms with Crippen molar-refractivity contribution in [2.45, 2.75) is 18.9 Å². The molecule has 88 valence electrons. The maximum Gasteiger partial charge on any atom is 0.257 e. The molecule has 0 saturated carbocycles. The first-order chi connectivity index (χ1) is 7.68. The van der Waals surface area contributed by atoms with Crippen molar-refractivity contribution in [2.75, 3.05) is 27.2 Å². The van der Waals surface area contributed by atoms with Gasteiger partial charge in [0.1, 0.15) is 0 Å². The molecule has 5 nitrogen and oxygen atoms in total. The van der Waals surface area contributed by atoms with Gasteiger partial charge in [-0.15, -0.1) is 0 Å². The van der Waals surface area contributed by atoms with E-state index in [0.29, 0.717) is 11.6 Å². The van der Waals surface area contributed by atoms with Crippen LogP contribution in [0.15, 0.2) is 12.4 Å². The van der Waals surface area contributed by atoms with Crippen molar-refractivity contribution in [3.63, 3.8) is 0 Å². The van der Waals surface area contributed by atoms with Crippen LogP contribution in [-0.4, -0.2) is 59.1 Å². The van der Waals surface area contributed by atoms with Crippen LogP contribution in [0.3, 0.4) is 0 Å². The lowest BCUT2D eigenvalue weighted by atomic mass is 10.0. The number of H-pyrrole nitrogens is 1. The monoisotopic (exact) mass is 222 g/mol. The Hall–Kier alpha value is -1.36. The Morgan fingerprint density at radius 3 is 3.06 bits per heavy atom. The molecule has 1 aromatic heterocycles. The van der Waals surface area contributed by atoms with E-state index in [1.54, 1.807) is 12.4 Å². The number of aromatic nitrogens is 2. The number of likely N-dealkylation sites (N-methyl/N-ethyl adjacent to an activating group) is 1. The Morgan fingerprint density at radius 2 is 2.44 bits per heavy atom. The van der Waals surface area contributed by atoms with Crippen molar-refractivity contribution >= 4 is 5.91 Å². The zero-order valence-electron chi connectivity index (χ0n) is 9.81. The third-order valence-corrected chi connectivity index (χ3v) is 3.16. The third-order valence-electron chi connectivity index (χ3n) is 3.16. The summed E-state index contributed by atoms with van der Waals surface area (Å²) < 4.78 is 0. The normalized spacial score (nSPS) is 21.4. The summed E-state index contributed by atoms with van der Waals surface area (Å²) in [4.78, 5) is 16.2. The quantitative estimate of drug-likeness (QED) is 0.796. The maximum atomic E-state index is 12.1. The summed E-state index contributed by atoms with van der Waals surface area (Å²) in [7, 11) is 4.13. The molecule has 16 heavy (non-hydrogen) atoms. The Labute approximate surface area is 95.4 Å². The van der Waals surface area contributed by atoms with Gasteiger partial charge in [0.05, 0.1) is 11.8 Å². The van der Waals surface area contributed by atoms with E-state index in [2.05, 4.69) is 29.2 Å². The van der Waals surface area contributed by atoms with Crippen molar-refractivity contribution in [3.8, 4) is 0 Å². The summed E-state index contributed by atoms with van der Waals surface area (Å²) in [6.07, 6.45) is 5.48. The van der Waals surface area contributed by atoms with Crippen molar-refractivity contribution in [1.29, 1.82) is 0 Å². The van der Waals surface area contributed by atoms with Gasteiger partial charge in [-0.3, -0.25) is 9.89 Å². The number of hydrogen-bond donors (Lipinski definition) is 1. The minimum atomic E-state index is 0.0836. The van der Waals surface area contributed by atoms with Crippen LogP contribution in [0.5, 0.6) is 0 Å². The van der Waals surface area contributed by atoms with E-state index < -0.39 is 0 Å². The van der Waals surface area contributed by atoms with Crippen molar-refractivity contribution in [2.24, 2.45) is 0 Å². The van der Waals surface area contributed by atoms with Crippen LogP contribution >= 0.6 is 0 Å². The lowest BCUT2D eigenvalue weighted by Gasteiger charge is -2.35. The molecular weight excluding hydrogens is 204 g/mol. The van der Waals surface area contributed by atoms with E-state index in [1.807, 2.05) is 4.90 Å². The first-order valence-electron chi connectivity index (χ1n) is 5.63. The number of nitrogens with one attached hydrogen (secondary N) is 1. The molecule has 1 N–H and O–H groups in total. The third kappa shape index (κ3) is 2.24. The molecule has 1 aromatic rings. The summed E-state index contributed by atoms with van der Waals surface area (Å²) >= 11 is 0. The summed E-state index contributed by atoms with van der Waals surface area (Å²) in [6.45, 7) is 1.67. The number of hydrogen-bond acceptors (Lipinski definition) is 3. The van der Waals surface area contributed by atoms with Crippen LogP contribution < -0.4 is 0 Å². The minimum Gasteiger partial charge on any atom is -0.337 e. The van der Waals surface area contributed by atoms with Gasteiger partial charge < -0.3 is 9.80 Å². The van der Waals surface area contributed by atoms with E-state index in [9.17, 15) is 4.79 Å². The Bertz CT molecular complexity index is 347. The molecule has 1 unspecified atom stereocenters. The number of amides is 1. The van der Waals surface area contributed by atoms with Gasteiger partial charge in [0.2, 0.25) is 0 Å². The number of aromatic amines is 1. The topological polar surface area (TPSA) is 52.2 Å². The van der Waals surface area contributed by atoms with Crippen LogP contribution in [0.1, 0.15) is 23.2 Å². The SMILES string of the molecule is CN(C)C1CCCN(C(=O)c2cn[nH]c2)C1. The van der Waals surface area contributed by atoms with Crippen molar-refractivity contribution in [3.05, 3.63) is 18.0 Å². The fourth-order valence-corrected chi connectivity index (χ4v) is 2.11. The number of nitrogens with zero attached hydrogens (tertiary/aromatic N) is 3. The highest BCUT2D eigenvalue weighted by molar-refractivity contribution is 5.93. The van der Waals surface area contributed by atoms with Crippen LogP contribution in [-0.2, 0) is 0 Å². The average molecular weight is 222 g/mol. The molecule has 1 amide bonds. The molecule has 1 atom stereocenters. The van der Waals surface area contributed by atoms with Gasteiger partial charge in [0.15, 0.2) is 0 Å². The molecule has 5 heteroatoms. The highest BCUT2D eigenvalue weighted by Crippen LogP contribution is 2.15. The van der Waals surface area contributed by atoms with E-state index in [-0.39, 0.29) is 5.91 Å². The number of likely N-dealkylation sites (tertiary alicyclic amines) is 1. The molecule has 0 radical (unpaired) electrons. The van der Waals surface area contributed by atoms with Crippen molar-refractivity contribution in [1.82, 2.24) is 20.0 Å². The Morgan fingerprint density at radius 1 is 1.62 bits per heavy atom. The molecule has 0 bridgehead atoms. The molecular formula is C11H18N4O. The van der Waals surface area contributed by atoms with E-state index in [0.717, 1.165) is 19.5 Å². The standard InChI is InChI=1S/C11H18N4O/c1-14(2)10-4-3-5-15(8-10)11(16)9-6-12-13-7-9/h6-7,10H,3-5,8H2,1-2H3,(H,12,13). The Balaban J connectivity index is 2.02. The van der Waals surface area contributed by atoms with Gasteiger partial charge >= 0.3 is 0 Å². The highest BCUT2D eigenvalue weighted by Gasteiger charge is 2.25. The predicted octanol–water partition coefficient (Wildman–Crippen LogP) is 0.576. The van der Waals surface area contributed by atoms with Gasteiger partial charge in [0.25, 0.3) is 5.91 Å². The molecule has 2 rings (SSSR count). The lowest BCUT2D eigenvalue weighted by Crippen LogP contribution is -2.47. The molecule has 2 heterocycles. The van der Waals surface area contributed by atoms with Crippen LogP contribution in [0, 0.1) is 0 Å². The summed E-state index contributed by atoms with van der Waals surface area (Å²) in [5.41, 5.74) is 0.652. The van der Waals surface area contributed by atoms with Crippen LogP contribution in [0.2, 0.25) is 0 Å². The minimum absolute atomic E-state index is 0.0836. The first kappa shape index (κ1) is 11.1. The van der Waals surface area contributed by atoms with Gasteiger partial charge in [-0.05, 0) is 26.9 Å². The highest BCUT2D eigenvalue weighted by atomic mass is 16.2. The molecule has 1 saturated heterocycles. The van der Waals surface area contributed by atoms with E-state index in [4.69, 9.17) is 0 Å². The zero-order valence-corrected chi connectivity index (χ0v) is 9.81.